The number of carboxylic acid groups (broad SMARTS) is 1. The fourth-order valence-corrected chi connectivity index (χ4v) is 1.52. The second-order valence-corrected chi connectivity index (χ2v) is 3.12. The van der Waals surface area contributed by atoms with Gasteiger partial charge in [0.15, 0.2) is 0 Å². The predicted molar refractivity (Wildman–Crippen MR) is 41.4 cm³/mol. The predicted octanol–water partition coefficient (Wildman–Crippen LogP) is -1.89. The summed E-state index contributed by atoms with van der Waals surface area (Å²) in [5.74, 6) is -1.55. The Hall–Kier alpha value is -1.10. The lowest BCUT2D eigenvalue weighted by molar-refractivity contribution is -0.310. The Bertz CT molecular complexity index is 228. The number of hydrogen-bond acceptors (Lipinski definition) is 4. The van der Waals surface area contributed by atoms with Gasteiger partial charge >= 0.3 is 0 Å². The maximum atomic E-state index is 11.2. The first kappa shape index (κ1) is 9.98. The standard InChI is InChI=1S/C8H13NO4/c1-2-7(11)9-4-5(10)3-6(9)8(12)13/h5-6,10H,2-4H2,1H3,(H,12,13)/p-1/t5-,6+/m0/s1. The van der Waals surface area contributed by atoms with Crippen molar-refractivity contribution in [1.82, 2.24) is 4.90 Å². The summed E-state index contributed by atoms with van der Waals surface area (Å²) in [6.45, 7) is 1.75. The maximum absolute atomic E-state index is 11.2. The topological polar surface area (TPSA) is 80.7 Å². The summed E-state index contributed by atoms with van der Waals surface area (Å²) in [6, 6.07) is -0.956. The second-order valence-electron chi connectivity index (χ2n) is 3.12. The number of aliphatic hydroxyl groups excluding tert-OH is 1. The lowest BCUT2D eigenvalue weighted by atomic mass is 10.2. The molecule has 1 amide bonds. The van der Waals surface area contributed by atoms with E-state index in [4.69, 9.17) is 0 Å². The van der Waals surface area contributed by atoms with E-state index < -0.39 is 18.1 Å². The zero-order valence-electron chi connectivity index (χ0n) is 7.40. The number of amides is 1. The summed E-state index contributed by atoms with van der Waals surface area (Å²) in [4.78, 5) is 22.9. The first-order valence-corrected chi connectivity index (χ1v) is 4.24. The molecule has 1 saturated heterocycles. The Morgan fingerprint density at radius 2 is 2.23 bits per heavy atom. The summed E-state index contributed by atoms with van der Waals surface area (Å²) in [5.41, 5.74) is 0. The van der Waals surface area contributed by atoms with Crippen molar-refractivity contribution in [3.8, 4) is 0 Å². The first-order chi connectivity index (χ1) is 6.06. The molecule has 1 N–H and O–H groups in total. The van der Waals surface area contributed by atoms with Crippen molar-refractivity contribution in [2.75, 3.05) is 6.54 Å². The molecule has 5 nitrogen and oxygen atoms in total. The van der Waals surface area contributed by atoms with Crippen LogP contribution < -0.4 is 5.11 Å². The number of β-amino-alcohol motifs (C(OH)–C–C–N with tert-alkyl or cyclic N) is 1. The van der Waals surface area contributed by atoms with E-state index in [1.54, 1.807) is 6.92 Å². The first-order valence-electron chi connectivity index (χ1n) is 4.24. The summed E-state index contributed by atoms with van der Waals surface area (Å²) in [5, 5.41) is 19.7. The summed E-state index contributed by atoms with van der Waals surface area (Å²) >= 11 is 0. The van der Waals surface area contributed by atoms with Gasteiger partial charge in [0.1, 0.15) is 0 Å². The van der Waals surface area contributed by atoms with Gasteiger partial charge in [-0.3, -0.25) is 4.79 Å². The number of likely N-dealkylation sites (tertiary alicyclic amines) is 1. The van der Waals surface area contributed by atoms with Crippen LogP contribution in [0.1, 0.15) is 19.8 Å². The molecule has 13 heavy (non-hydrogen) atoms. The molecule has 74 valence electrons. The smallest absolute Gasteiger partial charge is 0.222 e. The van der Waals surface area contributed by atoms with Gasteiger partial charge in [0.05, 0.1) is 18.1 Å². The lowest BCUT2D eigenvalue weighted by Gasteiger charge is -2.24. The van der Waals surface area contributed by atoms with Crippen LogP contribution in [0.25, 0.3) is 0 Å². The lowest BCUT2D eigenvalue weighted by Crippen LogP contribution is -2.46. The number of carbonyl (C=O) groups is 2. The van der Waals surface area contributed by atoms with Gasteiger partial charge < -0.3 is 19.9 Å². The Morgan fingerprint density at radius 3 is 2.69 bits per heavy atom. The van der Waals surface area contributed by atoms with Crippen molar-refractivity contribution < 1.29 is 19.8 Å². The highest BCUT2D eigenvalue weighted by atomic mass is 16.4. The van der Waals surface area contributed by atoms with E-state index in [0.717, 1.165) is 0 Å². The van der Waals surface area contributed by atoms with Gasteiger partial charge in [-0.25, -0.2) is 0 Å². The summed E-state index contributed by atoms with van der Waals surface area (Å²) in [7, 11) is 0. The third-order valence-electron chi connectivity index (χ3n) is 2.17. The van der Waals surface area contributed by atoms with Crippen LogP contribution in [-0.4, -0.2) is 40.6 Å². The van der Waals surface area contributed by atoms with Crippen LogP contribution in [0.3, 0.4) is 0 Å². The monoisotopic (exact) mass is 186 g/mol. The molecule has 1 aliphatic heterocycles. The number of nitrogens with zero attached hydrogens (tertiary/aromatic N) is 1. The number of rotatable bonds is 2. The highest BCUT2D eigenvalue weighted by Crippen LogP contribution is 2.18. The number of aliphatic carboxylic acids is 1. The quantitative estimate of drug-likeness (QED) is 0.546. The second kappa shape index (κ2) is 3.74. The van der Waals surface area contributed by atoms with E-state index in [1.165, 1.54) is 4.90 Å². The molecule has 0 aromatic heterocycles. The Morgan fingerprint density at radius 1 is 1.62 bits per heavy atom. The average molecular weight is 186 g/mol. The largest absolute Gasteiger partial charge is 0.548 e. The van der Waals surface area contributed by atoms with Gasteiger partial charge in [-0.05, 0) is 0 Å². The molecule has 0 aromatic carbocycles. The van der Waals surface area contributed by atoms with Crippen molar-refractivity contribution in [3.05, 3.63) is 0 Å². The minimum absolute atomic E-state index is 0.0775. The molecule has 2 atom stereocenters. The average Bonchev–Trinajstić information content (AvgIpc) is 2.46. The van der Waals surface area contributed by atoms with Gasteiger partial charge in [-0.15, -0.1) is 0 Å². The van der Waals surface area contributed by atoms with Crippen molar-refractivity contribution in [2.24, 2.45) is 0 Å². The van der Waals surface area contributed by atoms with Crippen molar-refractivity contribution in [1.29, 1.82) is 0 Å². The normalized spacial score (nSPS) is 27.7. The Kier molecular flexibility index (Phi) is 2.87. The van der Waals surface area contributed by atoms with Crippen molar-refractivity contribution in [2.45, 2.75) is 31.9 Å². The maximum Gasteiger partial charge on any atom is 0.222 e. The van der Waals surface area contributed by atoms with Gasteiger partial charge in [0, 0.05) is 19.4 Å². The van der Waals surface area contributed by atoms with Crippen molar-refractivity contribution >= 4 is 11.9 Å². The molecule has 0 aromatic rings. The third kappa shape index (κ3) is 1.98. The van der Waals surface area contributed by atoms with E-state index in [2.05, 4.69) is 0 Å². The molecular formula is C8H12NO4-. The molecule has 0 bridgehead atoms. The van der Waals surface area contributed by atoms with Crippen LogP contribution in [0.2, 0.25) is 0 Å². The minimum atomic E-state index is -1.29. The van der Waals surface area contributed by atoms with E-state index in [1.807, 2.05) is 0 Å². The number of carbonyl (C=O) groups excluding carboxylic acids is 2. The minimum Gasteiger partial charge on any atom is -0.548 e. The van der Waals surface area contributed by atoms with Gasteiger partial charge in [0.2, 0.25) is 5.91 Å². The van der Waals surface area contributed by atoms with E-state index in [0.29, 0.717) is 0 Å². The van der Waals surface area contributed by atoms with E-state index in [9.17, 15) is 19.8 Å². The molecular weight excluding hydrogens is 174 g/mol. The van der Waals surface area contributed by atoms with Crippen LogP contribution in [0, 0.1) is 0 Å². The molecule has 5 heteroatoms. The Balaban J connectivity index is 2.71. The number of hydrogen-bond donors (Lipinski definition) is 1. The highest BCUT2D eigenvalue weighted by molar-refractivity contribution is 5.83. The van der Waals surface area contributed by atoms with Crippen LogP contribution in [0.15, 0.2) is 0 Å². The molecule has 0 unspecified atom stereocenters. The molecule has 1 heterocycles. The molecule has 0 radical (unpaired) electrons. The molecule has 0 aliphatic carbocycles. The van der Waals surface area contributed by atoms with Crippen LogP contribution >= 0.6 is 0 Å². The molecule has 1 rings (SSSR count). The zero-order chi connectivity index (χ0) is 10.0. The van der Waals surface area contributed by atoms with Crippen LogP contribution in [0.4, 0.5) is 0 Å². The van der Waals surface area contributed by atoms with E-state index >= 15 is 0 Å². The van der Waals surface area contributed by atoms with Crippen LogP contribution in [0.5, 0.6) is 0 Å². The summed E-state index contributed by atoms with van der Waals surface area (Å²) < 4.78 is 0. The number of aliphatic hydroxyl groups is 1. The molecule has 1 fully saturated rings. The molecule has 0 spiro atoms. The van der Waals surface area contributed by atoms with Crippen LogP contribution in [-0.2, 0) is 9.59 Å². The van der Waals surface area contributed by atoms with Gasteiger partial charge in [-0.1, -0.05) is 6.92 Å². The van der Waals surface area contributed by atoms with Gasteiger partial charge in [-0.2, -0.15) is 0 Å². The summed E-state index contributed by atoms with van der Waals surface area (Å²) in [6.07, 6.45) is -0.414. The third-order valence-corrected chi connectivity index (χ3v) is 2.17. The molecule has 1 aliphatic rings. The van der Waals surface area contributed by atoms with Gasteiger partial charge in [0.25, 0.3) is 0 Å². The fourth-order valence-electron chi connectivity index (χ4n) is 1.52. The van der Waals surface area contributed by atoms with E-state index in [-0.39, 0.29) is 25.3 Å². The molecule has 0 saturated carbocycles. The number of carboxylic acids is 1. The fraction of sp³-hybridized carbons (Fsp3) is 0.750. The Labute approximate surface area is 76.0 Å². The highest BCUT2D eigenvalue weighted by Gasteiger charge is 2.34. The van der Waals surface area contributed by atoms with Crippen molar-refractivity contribution in [3.63, 3.8) is 0 Å². The SMILES string of the molecule is CCC(=O)N1C[C@@H](O)C[C@@H]1C(=O)[O-]. The zero-order valence-corrected chi connectivity index (χ0v) is 7.40.